The monoisotopic (exact) mass is 418 g/mol. The molecule has 2 heterocycles. The summed E-state index contributed by atoms with van der Waals surface area (Å²) in [5.41, 5.74) is 4.66. The number of carbonyl (C=O) groups excluding carboxylic acids is 1. The van der Waals surface area contributed by atoms with Gasteiger partial charge in [-0.2, -0.15) is 0 Å². The molecule has 0 bridgehead atoms. The lowest BCUT2D eigenvalue weighted by Gasteiger charge is -2.28. The van der Waals surface area contributed by atoms with Gasteiger partial charge in [0.1, 0.15) is 0 Å². The molecule has 166 valence electrons. The summed E-state index contributed by atoms with van der Waals surface area (Å²) in [6, 6.07) is 17.6. The summed E-state index contributed by atoms with van der Waals surface area (Å²) in [5, 5.41) is 0. The molecule has 0 N–H and O–H groups in total. The number of unbranched alkanes of at least 4 members (excludes halogenated alkanes) is 3. The first-order chi connectivity index (χ1) is 15.2. The van der Waals surface area contributed by atoms with Gasteiger partial charge in [-0.05, 0) is 80.4 Å². The van der Waals surface area contributed by atoms with Gasteiger partial charge < -0.3 is 9.80 Å². The van der Waals surface area contributed by atoms with Crippen LogP contribution < -0.4 is 0 Å². The molecule has 0 aliphatic carbocycles. The minimum Gasteiger partial charge on any atom is -0.334 e. The van der Waals surface area contributed by atoms with Gasteiger partial charge in [0.15, 0.2) is 0 Å². The van der Waals surface area contributed by atoms with E-state index < -0.39 is 0 Å². The van der Waals surface area contributed by atoms with E-state index in [-0.39, 0.29) is 5.91 Å². The van der Waals surface area contributed by atoms with E-state index in [1.807, 2.05) is 12.1 Å². The zero-order chi connectivity index (χ0) is 21.5. The molecule has 2 aromatic carbocycles. The van der Waals surface area contributed by atoms with E-state index in [1.165, 1.54) is 74.7 Å². The molecule has 1 unspecified atom stereocenters. The highest BCUT2D eigenvalue weighted by atomic mass is 16.2. The number of likely N-dealkylation sites (tertiary alicyclic amines) is 2. The number of benzene rings is 2. The maximum absolute atomic E-state index is 13.2. The third-order valence-electron chi connectivity index (χ3n) is 7.04. The van der Waals surface area contributed by atoms with Crippen molar-refractivity contribution in [2.45, 2.75) is 70.8 Å². The molecule has 0 saturated carbocycles. The maximum Gasteiger partial charge on any atom is 0.254 e. The van der Waals surface area contributed by atoms with Crippen LogP contribution in [0.2, 0.25) is 0 Å². The summed E-state index contributed by atoms with van der Waals surface area (Å²) in [4.78, 5) is 17.8. The molecule has 0 spiro atoms. The Labute approximate surface area is 188 Å². The Bertz CT molecular complexity index is 821. The Kier molecular flexibility index (Phi) is 7.80. The molecule has 2 aliphatic heterocycles. The first kappa shape index (κ1) is 22.1. The second-order valence-electron chi connectivity index (χ2n) is 9.39. The van der Waals surface area contributed by atoms with E-state index in [4.69, 9.17) is 0 Å². The number of hydrogen-bond acceptors (Lipinski definition) is 2. The molecule has 2 saturated heterocycles. The molecule has 2 aromatic rings. The van der Waals surface area contributed by atoms with Crippen molar-refractivity contribution in [1.29, 1.82) is 0 Å². The third-order valence-corrected chi connectivity index (χ3v) is 7.04. The Morgan fingerprint density at radius 2 is 1.52 bits per heavy atom. The Morgan fingerprint density at radius 1 is 0.839 bits per heavy atom. The quantitative estimate of drug-likeness (QED) is 0.454. The average molecular weight is 419 g/mol. The molecule has 0 radical (unpaired) electrons. The molecule has 4 rings (SSSR count). The topological polar surface area (TPSA) is 23.6 Å². The summed E-state index contributed by atoms with van der Waals surface area (Å²) in [7, 11) is 0. The van der Waals surface area contributed by atoms with Gasteiger partial charge in [-0.25, -0.2) is 0 Å². The highest BCUT2D eigenvalue weighted by molar-refractivity contribution is 5.95. The predicted octanol–water partition coefficient (Wildman–Crippen LogP) is 6.18. The lowest BCUT2D eigenvalue weighted by Crippen LogP contribution is -2.42. The van der Waals surface area contributed by atoms with Gasteiger partial charge in [0.25, 0.3) is 5.91 Å². The van der Waals surface area contributed by atoms with Gasteiger partial charge in [-0.15, -0.1) is 0 Å². The van der Waals surface area contributed by atoms with E-state index in [0.29, 0.717) is 6.04 Å². The molecular weight excluding hydrogens is 380 g/mol. The van der Waals surface area contributed by atoms with Crippen molar-refractivity contribution in [3.8, 4) is 11.1 Å². The van der Waals surface area contributed by atoms with Gasteiger partial charge in [0.05, 0.1) is 0 Å². The molecule has 2 aliphatic rings. The molecule has 2 fully saturated rings. The van der Waals surface area contributed by atoms with Crippen molar-refractivity contribution in [2.24, 2.45) is 0 Å². The van der Waals surface area contributed by atoms with Crippen LogP contribution in [0.5, 0.6) is 0 Å². The number of nitrogens with zero attached hydrogens (tertiary/aromatic N) is 2. The first-order valence-corrected chi connectivity index (χ1v) is 12.5. The van der Waals surface area contributed by atoms with Crippen LogP contribution in [0.3, 0.4) is 0 Å². The van der Waals surface area contributed by atoms with Crippen molar-refractivity contribution >= 4 is 5.91 Å². The standard InChI is InChI=1S/C28H38N2O/c1-2-3-4-5-9-23-11-13-24(14-12-23)25-15-17-26(18-16-25)28(31)30-21-8-10-27(30)22-29-19-6-7-20-29/h11-18,27H,2-10,19-22H2,1H3. The van der Waals surface area contributed by atoms with Gasteiger partial charge in [0.2, 0.25) is 0 Å². The van der Waals surface area contributed by atoms with Gasteiger partial charge in [0, 0.05) is 24.7 Å². The molecule has 0 aromatic heterocycles. The van der Waals surface area contributed by atoms with Crippen LogP contribution >= 0.6 is 0 Å². The Morgan fingerprint density at radius 3 is 2.19 bits per heavy atom. The minimum absolute atomic E-state index is 0.204. The normalized spacial score (nSPS) is 19.3. The number of carbonyl (C=O) groups is 1. The molecule has 3 nitrogen and oxygen atoms in total. The van der Waals surface area contributed by atoms with Crippen molar-refractivity contribution in [2.75, 3.05) is 26.2 Å². The largest absolute Gasteiger partial charge is 0.334 e. The van der Waals surface area contributed by atoms with Crippen molar-refractivity contribution < 1.29 is 4.79 Å². The molecule has 1 atom stereocenters. The van der Waals surface area contributed by atoms with E-state index in [0.717, 1.165) is 31.5 Å². The molecule has 31 heavy (non-hydrogen) atoms. The fourth-order valence-electron chi connectivity index (χ4n) is 5.15. The van der Waals surface area contributed by atoms with Crippen LogP contribution in [0.4, 0.5) is 0 Å². The minimum atomic E-state index is 0.204. The number of rotatable bonds is 9. The van der Waals surface area contributed by atoms with Crippen LogP contribution in [0, 0.1) is 0 Å². The molecule has 1 amide bonds. The fourth-order valence-corrected chi connectivity index (χ4v) is 5.15. The lowest BCUT2D eigenvalue weighted by atomic mass is 10.00. The second-order valence-corrected chi connectivity index (χ2v) is 9.39. The van der Waals surface area contributed by atoms with E-state index in [2.05, 4.69) is 53.1 Å². The zero-order valence-electron chi connectivity index (χ0n) is 19.2. The van der Waals surface area contributed by atoms with Crippen LogP contribution in [0.25, 0.3) is 11.1 Å². The van der Waals surface area contributed by atoms with Crippen molar-refractivity contribution in [3.05, 3.63) is 59.7 Å². The molecule has 3 heteroatoms. The SMILES string of the molecule is CCCCCCc1ccc(-c2ccc(C(=O)N3CCCC3CN3CCCC3)cc2)cc1. The number of aryl methyl sites for hydroxylation is 1. The summed E-state index contributed by atoms with van der Waals surface area (Å²) >= 11 is 0. The maximum atomic E-state index is 13.2. The predicted molar refractivity (Wildman–Crippen MR) is 129 cm³/mol. The van der Waals surface area contributed by atoms with Gasteiger partial charge in [-0.3, -0.25) is 4.79 Å². The summed E-state index contributed by atoms with van der Waals surface area (Å²) < 4.78 is 0. The smallest absolute Gasteiger partial charge is 0.254 e. The number of hydrogen-bond donors (Lipinski definition) is 0. The van der Waals surface area contributed by atoms with E-state index in [9.17, 15) is 4.79 Å². The van der Waals surface area contributed by atoms with E-state index >= 15 is 0 Å². The summed E-state index contributed by atoms with van der Waals surface area (Å²) in [6.07, 6.45) is 11.3. The first-order valence-electron chi connectivity index (χ1n) is 12.5. The third kappa shape index (κ3) is 5.77. The summed E-state index contributed by atoms with van der Waals surface area (Å²) in [5.74, 6) is 0.204. The van der Waals surface area contributed by atoms with Crippen LogP contribution in [-0.2, 0) is 6.42 Å². The highest BCUT2D eigenvalue weighted by Crippen LogP contribution is 2.25. The van der Waals surface area contributed by atoms with Gasteiger partial charge in [-0.1, -0.05) is 62.6 Å². The second kappa shape index (κ2) is 10.9. The Balaban J connectivity index is 1.35. The van der Waals surface area contributed by atoms with Crippen molar-refractivity contribution in [3.63, 3.8) is 0 Å². The number of amides is 1. The van der Waals surface area contributed by atoms with Crippen molar-refractivity contribution in [1.82, 2.24) is 9.80 Å². The van der Waals surface area contributed by atoms with Gasteiger partial charge >= 0.3 is 0 Å². The van der Waals surface area contributed by atoms with Crippen LogP contribution in [-0.4, -0.2) is 47.9 Å². The highest BCUT2D eigenvalue weighted by Gasteiger charge is 2.31. The lowest BCUT2D eigenvalue weighted by molar-refractivity contribution is 0.0709. The zero-order valence-corrected chi connectivity index (χ0v) is 19.2. The Hall–Kier alpha value is -2.13. The average Bonchev–Trinajstić information content (AvgIpc) is 3.49. The van der Waals surface area contributed by atoms with Crippen LogP contribution in [0.1, 0.15) is 74.2 Å². The molecular formula is C28H38N2O. The van der Waals surface area contributed by atoms with Crippen LogP contribution in [0.15, 0.2) is 48.5 Å². The van der Waals surface area contributed by atoms with E-state index in [1.54, 1.807) is 0 Å². The summed E-state index contributed by atoms with van der Waals surface area (Å²) in [6.45, 7) is 6.61. The fraction of sp³-hybridized carbons (Fsp3) is 0.536.